The van der Waals surface area contributed by atoms with Crippen LogP contribution in [0, 0.1) is 0 Å². The molecule has 0 fully saturated rings. The molecule has 0 aliphatic heterocycles. The molecular weight excluding hydrogens is 344 g/mol. The zero-order valence-electron chi connectivity index (χ0n) is 14.9. The van der Waals surface area contributed by atoms with E-state index in [0.29, 0.717) is 0 Å². The summed E-state index contributed by atoms with van der Waals surface area (Å²) in [6.45, 7) is 4.00. The van der Waals surface area contributed by atoms with Gasteiger partial charge in [-0.3, -0.25) is 0 Å². The molecule has 0 aliphatic carbocycles. The molecular formula is C21H24N2O2S. The van der Waals surface area contributed by atoms with E-state index in [-0.39, 0.29) is 5.69 Å². The molecule has 136 valence electrons. The Bertz CT molecular complexity index is 874. The maximum atomic E-state index is 11.7. The molecule has 0 spiro atoms. The number of nitrogens with one attached hydrogen (secondary N) is 2. The highest BCUT2D eigenvalue weighted by molar-refractivity contribution is 7.99. The van der Waals surface area contributed by atoms with Crippen LogP contribution in [-0.4, -0.2) is 22.6 Å². The fourth-order valence-corrected chi connectivity index (χ4v) is 3.97. The summed E-state index contributed by atoms with van der Waals surface area (Å²) in [6.07, 6.45) is 3.64. The van der Waals surface area contributed by atoms with E-state index in [1.807, 2.05) is 42.5 Å². The second-order valence-corrected chi connectivity index (χ2v) is 7.40. The van der Waals surface area contributed by atoms with Gasteiger partial charge in [0.05, 0.1) is 4.90 Å². The first-order valence-electron chi connectivity index (χ1n) is 9.00. The third-order valence-electron chi connectivity index (χ3n) is 4.28. The number of carbonyl (C=O) groups is 1. The van der Waals surface area contributed by atoms with Crippen molar-refractivity contribution in [2.24, 2.45) is 0 Å². The number of aromatic nitrogens is 1. The van der Waals surface area contributed by atoms with E-state index in [4.69, 9.17) is 0 Å². The summed E-state index contributed by atoms with van der Waals surface area (Å²) in [6, 6.07) is 16.0. The summed E-state index contributed by atoms with van der Waals surface area (Å²) in [5.74, 6) is -0.932. The van der Waals surface area contributed by atoms with Gasteiger partial charge >= 0.3 is 5.97 Å². The maximum absolute atomic E-state index is 11.7. The van der Waals surface area contributed by atoms with Crippen molar-refractivity contribution < 1.29 is 9.90 Å². The highest BCUT2D eigenvalue weighted by Crippen LogP contribution is 2.37. The molecule has 26 heavy (non-hydrogen) atoms. The number of aromatic amines is 1. The van der Waals surface area contributed by atoms with Crippen molar-refractivity contribution in [2.75, 3.05) is 6.54 Å². The van der Waals surface area contributed by atoms with Gasteiger partial charge in [0, 0.05) is 22.3 Å². The van der Waals surface area contributed by atoms with Crippen molar-refractivity contribution in [3.63, 3.8) is 0 Å². The van der Waals surface area contributed by atoms with Crippen LogP contribution in [-0.2, 0) is 6.54 Å². The zero-order valence-corrected chi connectivity index (χ0v) is 15.7. The number of carboxylic acids is 1. The second-order valence-electron chi connectivity index (χ2n) is 6.31. The van der Waals surface area contributed by atoms with E-state index >= 15 is 0 Å². The Balaban J connectivity index is 1.86. The Morgan fingerprint density at radius 2 is 1.96 bits per heavy atom. The number of unbranched alkanes of at least 4 members (excludes halogenated alkanes) is 2. The van der Waals surface area contributed by atoms with E-state index in [2.05, 4.69) is 23.3 Å². The van der Waals surface area contributed by atoms with Crippen LogP contribution in [0.2, 0.25) is 0 Å². The lowest BCUT2D eigenvalue weighted by atomic mass is 10.1. The Hall–Kier alpha value is -2.24. The van der Waals surface area contributed by atoms with E-state index in [1.165, 1.54) is 36.6 Å². The van der Waals surface area contributed by atoms with Gasteiger partial charge in [-0.05, 0) is 42.8 Å². The molecule has 0 radical (unpaired) electrons. The van der Waals surface area contributed by atoms with E-state index in [1.54, 1.807) is 0 Å². The molecule has 3 aromatic rings. The molecule has 0 saturated carbocycles. The molecule has 4 nitrogen and oxygen atoms in total. The van der Waals surface area contributed by atoms with Gasteiger partial charge in [0.2, 0.25) is 0 Å². The number of hydrogen-bond acceptors (Lipinski definition) is 3. The first kappa shape index (κ1) is 18.5. The number of fused-ring (bicyclic) bond motifs is 1. The van der Waals surface area contributed by atoms with Crippen molar-refractivity contribution in [1.82, 2.24) is 10.3 Å². The van der Waals surface area contributed by atoms with Crippen molar-refractivity contribution >= 4 is 28.6 Å². The molecule has 0 aliphatic rings. The largest absolute Gasteiger partial charge is 0.477 e. The van der Waals surface area contributed by atoms with Crippen LogP contribution < -0.4 is 5.32 Å². The summed E-state index contributed by atoms with van der Waals surface area (Å²) in [5, 5.41) is 14.0. The third-order valence-corrected chi connectivity index (χ3v) is 5.41. The number of aromatic carboxylic acids is 1. The van der Waals surface area contributed by atoms with Gasteiger partial charge < -0.3 is 15.4 Å². The summed E-state index contributed by atoms with van der Waals surface area (Å²) in [7, 11) is 0. The Morgan fingerprint density at radius 3 is 2.69 bits per heavy atom. The van der Waals surface area contributed by atoms with E-state index < -0.39 is 5.97 Å². The lowest BCUT2D eigenvalue weighted by Gasteiger charge is -2.06. The molecule has 0 bridgehead atoms. The minimum absolute atomic E-state index is 0.252. The molecule has 2 aromatic carbocycles. The van der Waals surface area contributed by atoms with Gasteiger partial charge in [-0.25, -0.2) is 4.79 Å². The molecule has 5 heteroatoms. The molecule has 0 amide bonds. The molecule has 3 N–H and O–H groups in total. The van der Waals surface area contributed by atoms with Gasteiger partial charge in [-0.2, -0.15) is 0 Å². The van der Waals surface area contributed by atoms with Crippen molar-refractivity contribution in [2.45, 2.75) is 42.5 Å². The number of benzene rings is 2. The fourth-order valence-electron chi connectivity index (χ4n) is 2.92. The van der Waals surface area contributed by atoms with Crippen molar-refractivity contribution in [1.29, 1.82) is 0 Å². The van der Waals surface area contributed by atoms with Gasteiger partial charge in [0.1, 0.15) is 5.69 Å². The SMILES string of the molecule is CCCCCNCc1ccc2[nH]c(C(=O)O)c(Sc3ccccc3)c2c1. The highest BCUT2D eigenvalue weighted by atomic mass is 32.2. The highest BCUT2D eigenvalue weighted by Gasteiger charge is 2.18. The monoisotopic (exact) mass is 368 g/mol. The maximum Gasteiger partial charge on any atom is 0.353 e. The Labute approximate surface area is 158 Å². The minimum atomic E-state index is -0.932. The summed E-state index contributed by atoms with van der Waals surface area (Å²) in [5.41, 5.74) is 2.28. The first-order valence-corrected chi connectivity index (χ1v) is 9.82. The van der Waals surface area contributed by atoms with Gasteiger partial charge in [-0.15, -0.1) is 0 Å². The fraction of sp³-hybridized carbons (Fsp3) is 0.286. The Kier molecular flexibility index (Phi) is 6.36. The van der Waals surface area contributed by atoms with Crippen molar-refractivity contribution in [3.05, 3.63) is 59.8 Å². The van der Waals surface area contributed by atoms with Crippen LogP contribution in [0.15, 0.2) is 58.3 Å². The molecule has 0 unspecified atom stereocenters. The first-order chi connectivity index (χ1) is 12.7. The van der Waals surface area contributed by atoms with Crippen LogP contribution in [0.5, 0.6) is 0 Å². The van der Waals surface area contributed by atoms with E-state index in [9.17, 15) is 9.90 Å². The molecule has 3 rings (SSSR count). The predicted octanol–water partition coefficient (Wildman–Crippen LogP) is 5.30. The zero-order chi connectivity index (χ0) is 18.4. The topological polar surface area (TPSA) is 65.1 Å². The Morgan fingerprint density at radius 1 is 1.15 bits per heavy atom. The quantitative estimate of drug-likeness (QED) is 0.449. The average molecular weight is 369 g/mol. The smallest absolute Gasteiger partial charge is 0.353 e. The average Bonchev–Trinajstić information content (AvgIpc) is 3.01. The van der Waals surface area contributed by atoms with Crippen molar-refractivity contribution in [3.8, 4) is 0 Å². The van der Waals surface area contributed by atoms with E-state index in [0.717, 1.165) is 33.8 Å². The minimum Gasteiger partial charge on any atom is -0.477 e. The standard InChI is InChI=1S/C21H24N2O2S/c1-2-3-7-12-22-14-15-10-11-18-17(13-15)20(19(23-18)21(24)25)26-16-8-5-4-6-9-16/h4-6,8-11,13,22-23H,2-3,7,12,14H2,1H3,(H,24,25). The van der Waals surface area contributed by atoms with Gasteiger partial charge in [0.25, 0.3) is 0 Å². The molecule has 0 atom stereocenters. The predicted molar refractivity (Wildman–Crippen MR) is 107 cm³/mol. The normalized spacial score (nSPS) is 11.1. The number of hydrogen-bond donors (Lipinski definition) is 3. The van der Waals surface area contributed by atoms with Gasteiger partial charge in [-0.1, -0.05) is 55.8 Å². The lowest BCUT2D eigenvalue weighted by Crippen LogP contribution is -2.14. The van der Waals surface area contributed by atoms with Crippen LogP contribution in [0.4, 0.5) is 0 Å². The molecule has 0 saturated heterocycles. The number of carboxylic acid groups (broad SMARTS) is 1. The summed E-state index contributed by atoms with van der Waals surface area (Å²) < 4.78 is 0. The van der Waals surface area contributed by atoms with Gasteiger partial charge in [0.15, 0.2) is 0 Å². The number of rotatable bonds is 9. The number of H-pyrrole nitrogens is 1. The second kappa shape index (κ2) is 8.92. The third kappa shape index (κ3) is 4.48. The van der Waals surface area contributed by atoms with Crippen LogP contribution in [0.25, 0.3) is 10.9 Å². The summed E-state index contributed by atoms with van der Waals surface area (Å²) >= 11 is 1.49. The molecule has 1 heterocycles. The van der Waals surface area contributed by atoms with Crippen LogP contribution >= 0.6 is 11.8 Å². The lowest BCUT2D eigenvalue weighted by molar-refractivity contribution is 0.0688. The van der Waals surface area contributed by atoms with Crippen LogP contribution in [0.1, 0.15) is 42.2 Å². The van der Waals surface area contributed by atoms with Crippen LogP contribution in [0.3, 0.4) is 0 Å². The summed E-state index contributed by atoms with van der Waals surface area (Å²) in [4.78, 5) is 16.5. The molecule has 1 aromatic heterocycles.